The van der Waals surface area contributed by atoms with Gasteiger partial charge in [-0.1, -0.05) is 77.9 Å². The van der Waals surface area contributed by atoms with Crippen LogP contribution in [0.1, 0.15) is 65.5 Å². The molecule has 0 unspecified atom stereocenters. The fourth-order valence-electron chi connectivity index (χ4n) is 3.62. The van der Waals surface area contributed by atoms with Crippen LogP contribution < -0.4 is 0 Å². The van der Waals surface area contributed by atoms with Gasteiger partial charge in [-0.25, -0.2) is 0 Å². The van der Waals surface area contributed by atoms with E-state index in [0.717, 1.165) is 0 Å². The predicted molar refractivity (Wildman–Crippen MR) is 102 cm³/mol. The largest absolute Gasteiger partial charge is 0.0564 e. The fraction of sp³-hybridized carbons (Fsp3) is 0.478. The van der Waals surface area contributed by atoms with Crippen LogP contribution in [0.2, 0.25) is 0 Å². The molecule has 124 valence electrons. The second-order valence-electron chi connectivity index (χ2n) is 7.26. The van der Waals surface area contributed by atoms with Crippen LogP contribution in [0.4, 0.5) is 0 Å². The van der Waals surface area contributed by atoms with Gasteiger partial charge in [0.15, 0.2) is 0 Å². The number of unbranched alkanes of at least 4 members (excludes halogenated alkanes) is 4. The van der Waals surface area contributed by atoms with Gasteiger partial charge in [-0.15, -0.1) is 0 Å². The first-order valence-corrected chi connectivity index (χ1v) is 9.17. The molecule has 0 atom stereocenters. The molecule has 0 aromatic heterocycles. The van der Waals surface area contributed by atoms with Gasteiger partial charge in [0.2, 0.25) is 0 Å². The fourth-order valence-corrected chi connectivity index (χ4v) is 3.62. The summed E-state index contributed by atoms with van der Waals surface area (Å²) in [6.45, 7) is 8.79. The van der Waals surface area contributed by atoms with Crippen LogP contribution >= 0.6 is 0 Å². The maximum absolute atomic E-state index is 2.34. The summed E-state index contributed by atoms with van der Waals surface area (Å²) in [6, 6.07) is 13.9. The lowest BCUT2D eigenvalue weighted by molar-refractivity contribution is 0.613. The SMILES string of the molecule is Cc1cc(C)cc(CCCCCCCc2cc(C)cc(C)c2)c1. The standard InChI is InChI=1S/C23H32/c1-18-12-19(2)15-22(14-18)10-8-6-5-7-9-11-23-16-20(3)13-21(4)17-23/h12-17H,5-11H2,1-4H3. The van der Waals surface area contributed by atoms with E-state index in [0.29, 0.717) is 0 Å². The summed E-state index contributed by atoms with van der Waals surface area (Å²) < 4.78 is 0. The van der Waals surface area contributed by atoms with E-state index in [1.807, 2.05) is 0 Å². The molecule has 0 aliphatic carbocycles. The first-order valence-electron chi connectivity index (χ1n) is 9.17. The van der Waals surface area contributed by atoms with Gasteiger partial charge in [0.1, 0.15) is 0 Å². The average Bonchev–Trinajstić information content (AvgIpc) is 2.44. The van der Waals surface area contributed by atoms with E-state index in [-0.39, 0.29) is 0 Å². The normalized spacial score (nSPS) is 11.0. The minimum atomic E-state index is 1.24. The summed E-state index contributed by atoms with van der Waals surface area (Å²) in [5.74, 6) is 0. The van der Waals surface area contributed by atoms with Crippen LogP contribution in [0, 0.1) is 27.7 Å². The third-order valence-corrected chi connectivity index (χ3v) is 4.49. The minimum absolute atomic E-state index is 1.24. The first-order chi connectivity index (χ1) is 11.0. The Balaban J connectivity index is 1.60. The van der Waals surface area contributed by atoms with Gasteiger partial charge in [0.05, 0.1) is 0 Å². The monoisotopic (exact) mass is 308 g/mol. The summed E-state index contributed by atoms with van der Waals surface area (Å²) in [5.41, 5.74) is 8.61. The van der Waals surface area contributed by atoms with E-state index in [2.05, 4.69) is 64.1 Å². The number of rotatable bonds is 8. The zero-order valence-electron chi connectivity index (χ0n) is 15.4. The van der Waals surface area contributed by atoms with Crippen molar-refractivity contribution in [2.24, 2.45) is 0 Å². The Morgan fingerprint density at radius 3 is 1.09 bits per heavy atom. The maximum Gasteiger partial charge on any atom is -0.0279 e. The topological polar surface area (TPSA) is 0 Å². The Labute approximate surface area is 143 Å². The Morgan fingerprint density at radius 1 is 0.435 bits per heavy atom. The molecule has 0 bridgehead atoms. The van der Waals surface area contributed by atoms with Gasteiger partial charge in [0.25, 0.3) is 0 Å². The lowest BCUT2D eigenvalue weighted by Crippen LogP contribution is -1.91. The van der Waals surface area contributed by atoms with Gasteiger partial charge in [-0.05, 0) is 64.5 Å². The number of hydrogen-bond donors (Lipinski definition) is 0. The molecule has 0 saturated heterocycles. The van der Waals surface area contributed by atoms with E-state index in [1.165, 1.54) is 78.3 Å². The molecule has 0 amide bonds. The number of aryl methyl sites for hydroxylation is 6. The molecule has 2 aromatic carbocycles. The lowest BCUT2D eigenvalue weighted by atomic mass is 9.99. The molecule has 0 heterocycles. The van der Waals surface area contributed by atoms with Crippen LogP contribution in [-0.4, -0.2) is 0 Å². The van der Waals surface area contributed by atoms with Crippen molar-refractivity contribution in [1.82, 2.24) is 0 Å². The number of hydrogen-bond acceptors (Lipinski definition) is 0. The zero-order valence-corrected chi connectivity index (χ0v) is 15.4. The third-order valence-electron chi connectivity index (χ3n) is 4.49. The van der Waals surface area contributed by atoms with Gasteiger partial charge < -0.3 is 0 Å². The molecular weight excluding hydrogens is 276 g/mol. The summed E-state index contributed by atoms with van der Waals surface area (Å²) in [5, 5.41) is 0. The first kappa shape index (κ1) is 17.8. The van der Waals surface area contributed by atoms with Gasteiger partial charge in [-0.2, -0.15) is 0 Å². The highest BCUT2D eigenvalue weighted by Gasteiger charge is 1.99. The van der Waals surface area contributed by atoms with E-state index < -0.39 is 0 Å². The summed E-state index contributed by atoms with van der Waals surface area (Å²) >= 11 is 0. The molecule has 23 heavy (non-hydrogen) atoms. The van der Waals surface area contributed by atoms with E-state index in [1.54, 1.807) is 0 Å². The van der Waals surface area contributed by atoms with Crippen molar-refractivity contribution in [3.05, 3.63) is 69.8 Å². The van der Waals surface area contributed by atoms with Crippen molar-refractivity contribution in [1.29, 1.82) is 0 Å². The highest BCUT2D eigenvalue weighted by Crippen LogP contribution is 2.15. The maximum atomic E-state index is 2.34. The molecule has 0 saturated carbocycles. The van der Waals surface area contributed by atoms with Gasteiger partial charge >= 0.3 is 0 Å². The third kappa shape index (κ3) is 6.60. The van der Waals surface area contributed by atoms with E-state index >= 15 is 0 Å². The molecule has 2 rings (SSSR count). The van der Waals surface area contributed by atoms with Crippen LogP contribution in [0.3, 0.4) is 0 Å². The van der Waals surface area contributed by atoms with Crippen LogP contribution in [-0.2, 0) is 12.8 Å². The molecular formula is C23H32. The molecule has 0 spiro atoms. The average molecular weight is 309 g/mol. The summed E-state index contributed by atoms with van der Waals surface area (Å²) in [6.07, 6.45) is 9.22. The molecule has 0 radical (unpaired) electrons. The van der Waals surface area contributed by atoms with Crippen LogP contribution in [0.15, 0.2) is 36.4 Å². The van der Waals surface area contributed by atoms with E-state index in [4.69, 9.17) is 0 Å². The number of benzene rings is 2. The van der Waals surface area contributed by atoms with Gasteiger partial charge in [-0.3, -0.25) is 0 Å². The zero-order chi connectivity index (χ0) is 16.7. The Hall–Kier alpha value is -1.56. The molecule has 2 aromatic rings. The van der Waals surface area contributed by atoms with Crippen molar-refractivity contribution in [3.8, 4) is 0 Å². The minimum Gasteiger partial charge on any atom is -0.0564 e. The van der Waals surface area contributed by atoms with Crippen molar-refractivity contribution in [2.75, 3.05) is 0 Å². The van der Waals surface area contributed by atoms with Crippen molar-refractivity contribution >= 4 is 0 Å². The quantitative estimate of drug-likeness (QED) is 0.478. The second-order valence-corrected chi connectivity index (χ2v) is 7.26. The molecule has 0 heteroatoms. The van der Waals surface area contributed by atoms with E-state index in [9.17, 15) is 0 Å². The highest BCUT2D eigenvalue weighted by atomic mass is 14.0. The Morgan fingerprint density at radius 2 is 0.739 bits per heavy atom. The van der Waals surface area contributed by atoms with Crippen molar-refractivity contribution < 1.29 is 0 Å². The molecule has 0 fully saturated rings. The second kappa shape index (κ2) is 8.91. The molecule has 0 aliphatic rings. The summed E-state index contributed by atoms with van der Waals surface area (Å²) in [4.78, 5) is 0. The Bertz CT molecular complexity index is 526. The van der Waals surface area contributed by atoms with Gasteiger partial charge in [0, 0.05) is 0 Å². The van der Waals surface area contributed by atoms with Crippen LogP contribution in [0.25, 0.3) is 0 Å². The smallest absolute Gasteiger partial charge is 0.0279 e. The lowest BCUT2D eigenvalue weighted by Gasteiger charge is -2.06. The predicted octanol–water partition coefficient (Wildman–Crippen LogP) is 6.66. The summed E-state index contributed by atoms with van der Waals surface area (Å²) in [7, 11) is 0. The molecule has 0 N–H and O–H groups in total. The Kier molecular flexibility index (Phi) is 6.89. The molecule has 0 aliphatic heterocycles. The van der Waals surface area contributed by atoms with Crippen molar-refractivity contribution in [2.45, 2.75) is 72.6 Å². The molecule has 0 nitrogen and oxygen atoms in total. The van der Waals surface area contributed by atoms with Crippen LogP contribution in [0.5, 0.6) is 0 Å². The van der Waals surface area contributed by atoms with Crippen molar-refractivity contribution in [3.63, 3.8) is 0 Å². The highest BCUT2D eigenvalue weighted by molar-refractivity contribution is 5.29.